The van der Waals surface area contributed by atoms with Crippen molar-refractivity contribution in [3.63, 3.8) is 0 Å². The topological polar surface area (TPSA) is 59.8 Å². The van der Waals surface area contributed by atoms with Crippen molar-refractivity contribution in [1.82, 2.24) is 20.1 Å². The SMILES string of the molecule is O=C(Cc1ccc(F)c(Br)c1)NCc1cccnc1-n1cccn1. The molecule has 5 nitrogen and oxygen atoms in total. The fourth-order valence-corrected chi connectivity index (χ4v) is 2.69. The van der Waals surface area contributed by atoms with E-state index in [2.05, 4.69) is 31.3 Å². The number of pyridine rings is 1. The maximum Gasteiger partial charge on any atom is 0.224 e. The second-order valence-electron chi connectivity index (χ2n) is 5.14. The number of carbonyl (C=O) groups excluding carboxylic acids is 1. The van der Waals surface area contributed by atoms with Crippen LogP contribution in [0.4, 0.5) is 4.39 Å². The summed E-state index contributed by atoms with van der Waals surface area (Å²) in [5, 5.41) is 7.02. The van der Waals surface area contributed by atoms with Gasteiger partial charge in [-0.05, 0) is 45.8 Å². The van der Waals surface area contributed by atoms with E-state index in [1.807, 2.05) is 18.2 Å². The summed E-state index contributed by atoms with van der Waals surface area (Å²) in [6, 6.07) is 10.0. The molecule has 0 atom stereocenters. The Bertz CT molecular complexity index is 852. The molecule has 0 aliphatic carbocycles. The van der Waals surface area contributed by atoms with Gasteiger partial charge in [0.15, 0.2) is 5.82 Å². The van der Waals surface area contributed by atoms with E-state index in [1.54, 1.807) is 35.4 Å². The lowest BCUT2D eigenvalue weighted by Gasteiger charge is -2.10. The number of hydrogen-bond acceptors (Lipinski definition) is 3. The Morgan fingerprint density at radius 3 is 2.88 bits per heavy atom. The van der Waals surface area contributed by atoms with Gasteiger partial charge in [-0.1, -0.05) is 12.1 Å². The normalized spacial score (nSPS) is 10.6. The molecule has 1 aromatic carbocycles. The average molecular weight is 389 g/mol. The van der Waals surface area contributed by atoms with E-state index in [4.69, 9.17) is 0 Å². The predicted molar refractivity (Wildman–Crippen MR) is 91.0 cm³/mol. The molecule has 1 amide bonds. The van der Waals surface area contributed by atoms with Crippen LogP contribution < -0.4 is 5.32 Å². The van der Waals surface area contributed by atoms with Crippen molar-refractivity contribution in [1.29, 1.82) is 0 Å². The van der Waals surface area contributed by atoms with Gasteiger partial charge in [-0.15, -0.1) is 0 Å². The molecule has 0 saturated heterocycles. The summed E-state index contributed by atoms with van der Waals surface area (Å²) in [5.41, 5.74) is 1.59. The van der Waals surface area contributed by atoms with E-state index < -0.39 is 0 Å². The summed E-state index contributed by atoms with van der Waals surface area (Å²) in [7, 11) is 0. The van der Waals surface area contributed by atoms with E-state index >= 15 is 0 Å². The van der Waals surface area contributed by atoms with E-state index in [0.29, 0.717) is 16.8 Å². The standard InChI is InChI=1S/C17H14BrFN4O/c18-14-9-12(4-5-15(14)19)10-16(24)21-11-13-3-1-6-20-17(13)23-8-2-7-22-23/h1-9H,10-11H2,(H,21,24). The largest absolute Gasteiger partial charge is 0.352 e. The first-order valence-electron chi connectivity index (χ1n) is 7.28. The van der Waals surface area contributed by atoms with E-state index in [0.717, 1.165) is 11.1 Å². The molecular weight excluding hydrogens is 375 g/mol. The summed E-state index contributed by atoms with van der Waals surface area (Å²) in [5.74, 6) is 0.175. The van der Waals surface area contributed by atoms with Gasteiger partial charge in [0.05, 0.1) is 10.9 Å². The summed E-state index contributed by atoms with van der Waals surface area (Å²) >= 11 is 3.12. The number of rotatable bonds is 5. The van der Waals surface area contributed by atoms with Crippen LogP contribution in [0.15, 0.2) is 59.5 Å². The van der Waals surface area contributed by atoms with Crippen molar-refractivity contribution in [3.8, 4) is 5.82 Å². The fourth-order valence-electron chi connectivity index (χ4n) is 2.26. The maximum absolute atomic E-state index is 13.2. The Labute approximate surface area is 146 Å². The third kappa shape index (κ3) is 3.86. The number of benzene rings is 1. The molecule has 3 aromatic rings. The fraction of sp³-hybridized carbons (Fsp3) is 0.118. The Morgan fingerprint density at radius 1 is 1.25 bits per heavy atom. The lowest BCUT2D eigenvalue weighted by Crippen LogP contribution is -2.25. The van der Waals surface area contributed by atoms with Gasteiger partial charge < -0.3 is 5.32 Å². The Kier molecular flexibility index (Phi) is 5.00. The minimum absolute atomic E-state index is 0.149. The molecule has 0 fully saturated rings. The third-order valence-corrected chi connectivity index (χ3v) is 4.02. The number of amides is 1. The van der Waals surface area contributed by atoms with Gasteiger partial charge in [0.2, 0.25) is 5.91 Å². The maximum atomic E-state index is 13.2. The van der Waals surface area contributed by atoms with Gasteiger partial charge in [-0.2, -0.15) is 5.10 Å². The summed E-state index contributed by atoms with van der Waals surface area (Å²) in [6.07, 6.45) is 5.32. The molecule has 0 aliphatic rings. The van der Waals surface area contributed by atoms with E-state index in [-0.39, 0.29) is 18.1 Å². The van der Waals surface area contributed by atoms with Gasteiger partial charge in [-0.25, -0.2) is 14.1 Å². The average Bonchev–Trinajstić information content (AvgIpc) is 3.11. The molecule has 7 heteroatoms. The zero-order chi connectivity index (χ0) is 16.9. The molecule has 2 heterocycles. The Morgan fingerprint density at radius 2 is 2.12 bits per heavy atom. The number of hydrogen-bond donors (Lipinski definition) is 1. The van der Waals surface area contributed by atoms with Crippen LogP contribution in [0.3, 0.4) is 0 Å². The first kappa shape index (κ1) is 16.3. The molecule has 0 radical (unpaired) electrons. The first-order valence-corrected chi connectivity index (χ1v) is 8.07. The highest BCUT2D eigenvalue weighted by Gasteiger charge is 2.09. The van der Waals surface area contributed by atoms with Gasteiger partial charge in [-0.3, -0.25) is 4.79 Å². The van der Waals surface area contributed by atoms with Crippen LogP contribution in [0.25, 0.3) is 5.82 Å². The molecule has 0 unspecified atom stereocenters. The first-order chi connectivity index (χ1) is 11.6. The van der Waals surface area contributed by atoms with Crippen LogP contribution in [0, 0.1) is 5.82 Å². The van der Waals surface area contributed by atoms with Crippen molar-refractivity contribution in [2.75, 3.05) is 0 Å². The number of carbonyl (C=O) groups is 1. The van der Waals surface area contributed by atoms with Crippen LogP contribution in [-0.4, -0.2) is 20.7 Å². The zero-order valence-corrected chi connectivity index (χ0v) is 14.2. The second kappa shape index (κ2) is 7.35. The minimum atomic E-state index is -0.349. The molecule has 0 aliphatic heterocycles. The van der Waals surface area contributed by atoms with Crippen LogP contribution in [0.2, 0.25) is 0 Å². The van der Waals surface area contributed by atoms with Gasteiger partial charge >= 0.3 is 0 Å². The van der Waals surface area contributed by atoms with Crippen molar-refractivity contribution >= 4 is 21.8 Å². The number of nitrogens with one attached hydrogen (secondary N) is 1. The van der Waals surface area contributed by atoms with Crippen molar-refractivity contribution in [2.45, 2.75) is 13.0 Å². The van der Waals surface area contributed by atoms with Gasteiger partial charge in [0.1, 0.15) is 5.82 Å². The van der Waals surface area contributed by atoms with Crippen LogP contribution in [0.1, 0.15) is 11.1 Å². The minimum Gasteiger partial charge on any atom is -0.352 e. The monoisotopic (exact) mass is 388 g/mol. The number of halogens is 2. The van der Waals surface area contributed by atoms with Crippen molar-refractivity contribution in [3.05, 3.63) is 76.4 Å². The smallest absolute Gasteiger partial charge is 0.224 e. The highest BCUT2D eigenvalue weighted by atomic mass is 79.9. The molecular formula is C17H14BrFN4O. The molecule has 3 rings (SSSR count). The molecule has 0 bridgehead atoms. The molecule has 1 N–H and O–H groups in total. The van der Waals surface area contributed by atoms with Gasteiger partial charge in [0.25, 0.3) is 0 Å². The lowest BCUT2D eigenvalue weighted by molar-refractivity contribution is -0.120. The van der Waals surface area contributed by atoms with Crippen LogP contribution in [0.5, 0.6) is 0 Å². The zero-order valence-electron chi connectivity index (χ0n) is 12.6. The molecule has 122 valence electrons. The van der Waals surface area contributed by atoms with E-state index in [9.17, 15) is 9.18 Å². The number of aromatic nitrogens is 3. The van der Waals surface area contributed by atoms with Gasteiger partial charge in [0, 0.05) is 30.7 Å². The highest BCUT2D eigenvalue weighted by molar-refractivity contribution is 9.10. The molecule has 24 heavy (non-hydrogen) atoms. The van der Waals surface area contributed by atoms with Crippen LogP contribution in [-0.2, 0) is 17.8 Å². The van der Waals surface area contributed by atoms with Crippen LogP contribution >= 0.6 is 15.9 Å². The molecule has 0 spiro atoms. The highest BCUT2D eigenvalue weighted by Crippen LogP contribution is 2.17. The van der Waals surface area contributed by atoms with Crippen molar-refractivity contribution in [2.24, 2.45) is 0 Å². The third-order valence-electron chi connectivity index (χ3n) is 3.41. The predicted octanol–water partition coefficient (Wildman–Crippen LogP) is 3.03. The Balaban J connectivity index is 1.66. The van der Waals surface area contributed by atoms with Crippen molar-refractivity contribution < 1.29 is 9.18 Å². The van der Waals surface area contributed by atoms with E-state index in [1.165, 1.54) is 6.07 Å². The number of nitrogens with zero attached hydrogens (tertiary/aromatic N) is 3. The Hall–Kier alpha value is -2.54. The molecule has 0 saturated carbocycles. The quantitative estimate of drug-likeness (QED) is 0.730. The lowest BCUT2D eigenvalue weighted by atomic mass is 10.1. The summed E-state index contributed by atoms with van der Waals surface area (Å²) in [4.78, 5) is 16.4. The molecule has 2 aromatic heterocycles. The summed E-state index contributed by atoms with van der Waals surface area (Å²) in [6.45, 7) is 0.338. The second-order valence-corrected chi connectivity index (χ2v) is 5.99. The summed E-state index contributed by atoms with van der Waals surface area (Å²) < 4.78 is 15.2.